The Morgan fingerprint density at radius 2 is 2.00 bits per heavy atom. The first-order valence-corrected chi connectivity index (χ1v) is 9.53. The Morgan fingerprint density at radius 3 is 2.64 bits per heavy atom. The molecule has 3 rings (SSSR count). The van der Waals surface area contributed by atoms with Gasteiger partial charge in [0, 0.05) is 5.56 Å². The molecule has 2 aromatic carbocycles. The second-order valence-electron chi connectivity index (χ2n) is 6.21. The van der Waals surface area contributed by atoms with E-state index in [1.54, 1.807) is 19.3 Å². The molecular formula is C21H19BrFNO4. The van der Waals surface area contributed by atoms with Crippen molar-refractivity contribution in [3.05, 3.63) is 63.5 Å². The summed E-state index contributed by atoms with van der Waals surface area (Å²) in [5.74, 6) is 0.327. The van der Waals surface area contributed by atoms with E-state index in [0.29, 0.717) is 27.1 Å². The second kappa shape index (κ2) is 8.56. The molecule has 0 saturated heterocycles. The summed E-state index contributed by atoms with van der Waals surface area (Å²) >= 11 is 3.49. The van der Waals surface area contributed by atoms with Crippen LogP contribution in [-0.2, 0) is 9.53 Å². The van der Waals surface area contributed by atoms with E-state index in [0.717, 1.165) is 6.42 Å². The Morgan fingerprint density at radius 1 is 1.29 bits per heavy atom. The van der Waals surface area contributed by atoms with E-state index in [9.17, 15) is 9.18 Å². The number of halogens is 2. The maximum Gasteiger partial charge on any atom is 0.363 e. The number of carbonyl (C=O) groups is 1. The van der Waals surface area contributed by atoms with Gasteiger partial charge >= 0.3 is 5.97 Å². The van der Waals surface area contributed by atoms with E-state index in [4.69, 9.17) is 14.2 Å². The standard InChI is InChI=1S/C21H19BrFNO4/c1-4-12(2)27-19-16(22)9-13(11-18(19)26-3)10-17-21(25)28-20(24-17)14-5-7-15(23)8-6-14/h5-12H,4H2,1-3H3/b17-10-. The van der Waals surface area contributed by atoms with Crippen molar-refractivity contribution in [2.45, 2.75) is 26.4 Å². The van der Waals surface area contributed by atoms with Gasteiger partial charge in [-0.3, -0.25) is 0 Å². The number of rotatable bonds is 6. The number of nitrogens with zero attached hydrogens (tertiary/aromatic N) is 1. The lowest BCUT2D eigenvalue weighted by Gasteiger charge is -2.17. The summed E-state index contributed by atoms with van der Waals surface area (Å²) < 4.78 is 30.3. The normalized spacial score (nSPS) is 16.0. The van der Waals surface area contributed by atoms with Gasteiger partial charge in [0.05, 0.1) is 17.7 Å². The molecule has 0 radical (unpaired) electrons. The molecule has 0 spiro atoms. The van der Waals surface area contributed by atoms with Crippen LogP contribution in [0, 0.1) is 5.82 Å². The van der Waals surface area contributed by atoms with Crippen LogP contribution >= 0.6 is 15.9 Å². The molecule has 0 aliphatic carbocycles. The number of hydrogen-bond acceptors (Lipinski definition) is 5. The Labute approximate surface area is 171 Å². The summed E-state index contributed by atoms with van der Waals surface area (Å²) in [5, 5.41) is 0. The molecule has 1 atom stereocenters. The summed E-state index contributed by atoms with van der Waals surface area (Å²) in [4.78, 5) is 16.4. The molecule has 7 heteroatoms. The van der Waals surface area contributed by atoms with Crippen LogP contribution in [0.5, 0.6) is 11.5 Å². The second-order valence-corrected chi connectivity index (χ2v) is 7.07. The van der Waals surface area contributed by atoms with E-state index in [1.165, 1.54) is 24.3 Å². The average molecular weight is 448 g/mol. The van der Waals surface area contributed by atoms with Gasteiger partial charge < -0.3 is 14.2 Å². The minimum atomic E-state index is -0.575. The van der Waals surface area contributed by atoms with Crippen molar-refractivity contribution in [1.29, 1.82) is 0 Å². The van der Waals surface area contributed by atoms with Crippen molar-refractivity contribution >= 4 is 33.9 Å². The average Bonchev–Trinajstić information content (AvgIpc) is 3.04. The molecule has 1 heterocycles. The monoisotopic (exact) mass is 447 g/mol. The third-order valence-electron chi connectivity index (χ3n) is 4.16. The molecule has 1 aliphatic heterocycles. The van der Waals surface area contributed by atoms with Gasteiger partial charge in [-0.05, 0) is 77.3 Å². The van der Waals surface area contributed by atoms with Crippen molar-refractivity contribution in [2.75, 3.05) is 7.11 Å². The molecule has 1 unspecified atom stereocenters. The Kier molecular flexibility index (Phi) is 6.14. The number of methoxy groups -OCH3 is 1. The highest BCUT2D eigenvalue weighted by atomic mass is 79.9. The molecule has 0 amide bonds. The van der Waals surface area contributed by atoms with Gasteiger partial charge in [0.1, 0.15) is 5.82 Å². The molecule has 0 aromatic heterocycles. The number of aliphatic imine (C=N–C) groups is 1. The molecule has 0 N–H and O–H groups in total. The highest BCUT2D eigenvalue weighted by molar-refractivity contribution is 9.10. The topological polar surface area (TPSA) is 57.1 Å². The first kappa shape index (κ1) is 20.1. The number of carbonyl (C=O) groups excluding carboxylic acids is 1. The van der Waals surface area contributed by atoms with Gasteiger partial charge in [0.25, 0.3) is 0 Å². The zero-order valence-electron chi connectivity index (χ0n) is 15.7. The molecule has 2 aromatic rings. The smallest absolute Gasteiger partial charge is 0.363 e. The molecule has 5 nitrogen and oxygen atoms in total. The molecule has 0 fully saturated rings. The lowest BCUT2D eigenvalue weighted by molar-refractivity contribution is -0.129. The van der Waals surface area contributed by atoms with Gasteiger partial charge in [0.15, 0.2) is 17.2 Å². The maximum atomic E-state index is 13.1. The third kappa shape index (κ3) is 4.42. The van der Waals surface area contributed by atoms with Crippen molar-refractivity contribution in [3.63, 3.8) is 0 Å². The zero-order valence-corrected chi connectivity index (χ0v) is 17.2. The number of esters is 1. The van der Waals surface area contributed by atoms with Gasteiger partial charge in [-0.15, -0.1) is 0 Å². The van der Waals surface area contributed by atoms with E-state index >= 15 is 0 Å². The van der Waals surface area contributed by atoms with Crippen molar-refractivity contribution < 1.29 is 23.4 Å². The molecule has 28 heavy (non-hydrogen) atoms. The fraction of sp³-hybridized carbons (Fsp3) is 0.238. The summed E-state index contributed by atoms with van der Waals surface area (Å²) in [5.41, 5.74) is 1.36. The van der Waals surface area contributed by atoms with Crippen molar-refractivity contribution in [1.82, 2.24) is 0 Å². The SMILES string of the molecule is CCC(C)Oc1c(Br)cc(/C=C2\N=C(c3ccc(F)cc3)OC2=O)cc1OC. The lowest BCUT2D eigenvalue weighted by Crippen LogP contribution is -2.11. The predicted molar refractivity (Wildman–Crippen MR) is 108 cm³/mol. The van der Waals surface area contributed by atoms with Crippen LogP contribution in [0.4, 0.5) is 4.39 Å². The minimum absolute atomic E-state index is 0.0297. The third-order valence-corrected chi connectivity index (χ3v) is 4.75. The zero-order chi connectivity index (χ0) is 20.3. The van der Waals surface area contributed by atoms with Crippen LogP contribution in [0.3, 0.4) is 0 Å². The number of benzene rings is 2. The summed E-state index contributed by atoms with van der Waals surface area (Å²) in [7, 11) is 1.55. The first-order valence-electron chi connectivity index (χ1n) is 8.74. The van der Waals surface area contributed by atoms with Crippen LogP contribution < -0.4 is 9.47 Å². The van der Waals surface area contributed by atoms with Gasteiger partial charge in [-0.2, -0.15) is 0 Å². The fourth-order valence-electron chi connectivity index (χ4n) is 2.50. The lowest BCUT2D eigenvalue weighted by atomic mass is 10.1. The fourth-order valence-corrected chi connectivity index (χ4v) is 3.06. The van der Waals surface area contributed by atoms with Crippen LogP contribution in [0.15, 0.2) is 51.6 Å². The van der Waals surface area contributed by atoms with Crippen LogP contribution in [0.25, 0.3) is 6.08 Å². The van der Waals surface area contributed by atoms with Crippen LogP contribution in [0.2, 0.25) is 0 Å². The maximum absolute atomic E-state index is 13.1. The largest absolute Gasteiger partial charge is 0.493 e. The van der Waals surface area contributed by atoms with Crippen LogP contribution in [-0.4, -0.2) is 25.1 Å². The van der Waals surface area contributed by atoms with Gasteiger partial charge in [0.2, 0.25) is 5.90 Å². The van der Waals surface area contributed by atoms with E-state index < -0.39 is 5.97 Å². The molecule has 146 valence electrons. The highest BCUT2D eigenvalue weighted by Crippen LogP contribution is 2.38. The Balaban J connectivity index is 1.93. The van der Waals surface area contributed by atoms with Gasteiger partial charge in [-0.25, -0.2) is 14.2 Å². The van der Waals surface area contributed by atoms with Gasteiger partial charge in [-0.1, -0.05) is 6.92 Å². The highest BCUT2D eigenvalue weighted by Gasteiger charge is 2.24. The number of hydrogen-bond donors (Lipinski definition) is 0. The van der Waals surface area contributed by atoms with E-state index in [2.05, 4.69) is 20.9 Å². The quantitative estimate of drug-likeness (QED) is 0.455. The molecule has 0 bridgehead atoms. The summed E-state index contributed by atoms with van der Waals surface area (Å²) in [6.45, 7) is 4.01. The van der Waals surface area contributed by atoms with E-state index in [1.807, 2.05) is 19.9 Å². The summed E-state index contributed by atoms with van der Waals surface area (Å²) in [6.07, 6.45) is 2.48. The minimum Gasteiger partial charge on any atom is -0.493 e. The molecular weight excluding hydrogens is 429 g/mol. The Bertz CT molecular complexity index is 954. The van der Waals surface area contributed by atoms with E-state index in [-0.39, 0.29) is 23.5 Å². The number of cyclic esters (lactones) is 1. The first-order chi connectivity index (χ1) is 13.4. The van der Waals surface area contributed by atoms with Crippen molar-refractivity contribution in [2.24, 2.45) is 4.99 Å². The number of ether oxygens (including phenoxy) is 3. The molecule has 0 saturated carbocycles. The molecule has 1 aliphatic rings. The summed E-state index contributed by atoms with van der Waals surface area (Å²) in [6, 6.07) is 9.15. The predicted octanol–water partition coefficient (Wildman–Crippen LogP) is 5.12. The Hall–Kier alpha value is -2.67. The van der Waals surface area contributed by atoms with Crippen LogP contribution in [0.1, 0.15) is 31.4 Å². The van der Waals surface area contributed by atoms with Crippen molar-refractivity contribution in [3.8, 4) is 11.5 Å².